The Hall–Kier alpha value is -0.166. The van der Waals surface area contributed by atoms with Crippen molar-refractivity contribution < 1.29 is 8.85 Å². The fourth-order valence-electron chi connectivity index (χ4n) is 5.01. The molecule has 200 valence electrons. The molecule has 0 N–H and O–H groups in total. The third-order valence-corrected chi connectivity index (χ3v) is 18.6. The Labute approximate surface area is 216 Å². The molecule has 2 nitrogen and oxygen atoms in total. The molecule has 0 saturated heterocycles. The van der Waals surface area contributed by atoms with E-state index in [2.05, 4.69) is 107 Å². The van der Waals surface area contributed by atoms with E-state index < -0.39 is 16.6 Å². The van der Waals surface area contributed by atoms with E-state index in [1.54, 1.807) is 0 Å². The average molecular weight is 509 g/mol. The second-order valence-electron chi connectivity index (χ2n) is 14.5. The molecule has 34 heavy (non-hydrogen) atoms. The molecule has 2 aliphatic carbocycles. The molecule has 0 aliphatic heterocycles. The molecule has 0 spiro atoms. The summed E-state index contributed by atoms with van der Waals surface area (Å²) in [6.07, 6.45) is 12.4. The maximum absolute atomic E-state index is 6.51. The summed E-state index contributed by atoms with van der Waals surface area (Å²) in [5.41, 5.74) is 0. The van der Waals surface area contributed by atoms with Gasteiger partial charge in [0, 0.05) is 12.2 Å². The van der Waals surface area contributed by atoms with Gasteiger partial charge in [-0.05, 0) is 98.5 Å². The summed E-state index contributed by atoms with van der Waals surface area (Å²) in [6.45, 7) is 35.8. The lowest BCUT2D eigenvalue weighted by atomic mass is 9.95. The third kappa shape index (κ3) is 9.05. The van der Waals surface area contributed by atoms with Gasteiger partial charge in [0.2, 0.25) is 0 Å². The summed E-state index contributed by atoms with van der Waals surface area (Å²) in [4.78, 5) is 0. The van der Waals surface area contributed by atoms with Gasteiger partial charge in [0.15, 0.2) is 16.6 Å². The van der Waals surface area contributed by atoms with Crippen molar-refractivity contribution in [3.63, 3.8) is 0 Å². The van der Waals surface area contributed by atoms with Crippen molar-refractivity contribution in [2.24, 2.45) is 23.7 Å². The van der Waals surface area contributed by atoms with Crippen LogP contribution in [0.5, 0.6) is 0 Å². The zero-order chi connectivity index (χ0) is 26.5. The van der Waals surface area contributed by atoms with Gasteiger partial charge in [-0.1, -0.05) is 67.5 Å². The minimum atomic E-state index is -1.58. The SMILES string of the molecule is C=CC[C@@H]1C[C@@H](O[Si](C)(C)C(C)(C)C)C[C@@H]1C.C=CC[C@H]1C[C@H](O[Si](C)(C)C(C)(C)C)C[C@H]1C. The molecule has 2 fully saturated rings. The molecular formula is C30H60O2Si2. The standard InChI is InChI=1S/2C15H30OSi/c2*1-8-9-13-11-14(10-12(13)2)16-17(6,7)15(3,4)5/h2*8,12-14H,1,9-11H2,2-7H3/t2*12-,13+,14-/m10/s1. The van der Waals surface area contributed by atoms with Gasteiger partial charge in [-0.2, -0.15) is 0 Å². The van der Waals surface area contributed by atoms with Crippen LogP contribution in [0.1, 0.15) is 93.9 Å². The molecule has 0 amide bonds. The normalized spacial score (nSPS) is 30.6. The summed E-state index contributed by atoms with van der Waals surface area (Å²) in [6, 6.07) is 0. The maximum atomic E-state index is 6.51. The average Bonchev–Trinajstić information content (AvgIpc) is 3.15. The fourth-order valence-corrected chi connectivity index (χ4v) is 7.77. The molecule has 0 bridgehead atoms. The first-order valence-corrected chi connectivity index (χ1v) is 19.7. The van der Waals surface area contributed by atoms with E-state index in [1.807, 2.05) is 0 Å². The van der Waals surface area contributed by atoms with Crippen molar-refractivity contribution >= 4 is 16.6 Å². The fraction of sp³-hybridized carbons (Fsp3) is 0.867. The zero-order valence-electron chi connectivity index (χ0n) is 25.1. The van der Waals surface area contributed by atoms with Crippen LogP contribution in [0.25, 0.3) is 0 Å². The highest BCUT2D eigenvalue weighted by Crippen LogP contribution is 2.44. The minimum absolute atomic E-state index is 0.326. The Bertz CT molecular complexity index is 585. The molecule has 6 atom stereocenters. The van der Waals surface area contributed by atoms with Crippen LogP contribution in [0.2, 0.25) is 36.3 Å². The van der Waals surface area contributed by atoms with Crippen molar-refractivity contribution in [3.8, 4) is 0 Å². The van der Waals surface area contributed by atoms with E-state index in [4.69, 9.17) is 8.85 Å². The first-order valence-electron chi connectivity index (χ1n) is 13.9. The van der Waals surface area contributed by atoms with Crippen molar-refractivity contribution in [3.05, 3.63) is 25.3 Å². The Morgan fingerprint density at radius 2 is 0.941 bits per heavy atom. The van der Waals surface area contributed by atoms with Gasteiger partial charge in [0.05, 0.1) is 0 Å². The summed E-state index contributed by atoms with van der Waals surface area (Å²) in [7, 11) is -3.16. The molecule has 4 heteroatoms. The van der Waals surface area contributed by atoms with Gasteiger partial charge < -0.3 is 8.85 Å². The lowest BCUT2D eigenvalue weighted by Crippen LogP contribution is -2.43. The zero-order valence-corrected chi connectivity index (χ0v) is 27.1. The van der Waals surface area contributed by atoms with Crippen molar-refractivity contribution in [1.29, 1.82) is 0 Å². The number of hydrogen-bond donors (Lipinski definition) is 0. The number of allylic oxidation sites excluding steroid dienone is 2. The molecule has 2 saturated carbocycles. The van der Waals surface area contributed by atoms with E-state index in [1.165, 1.54) is 25.7 Å². The van der Waals surface area contributed by atoms with Crippen LogP contribution in [0.4, 0.5) is 0 Å². The maximum Gasteiger partial charge on any atom is 0.192 e. The second-order valence-corrected chi connectivity index (χ2v) is 24.0. The lowest BCUT2D eigenvalue weighted by Gasteiger charge is -2.38. The van der Waals surface area contributed by atoms with Crippen LogP contribution in [0, 0.1) is 23.7 Å². The topological polar surface area (TPSA) is 18.5 Å². The van der Waals surface area contributed by atoms with E-state index in [-0.39, 0.29) is 0 Å². The number of hydrogen-bond acceptors (Lipinski definition) is 2. The van der Waals surface area contributed by atoms with Crippen LogP contribution < -0.4 is 0 Å². The Morgan fingerprint density at radius 3 is 1.18 bits per heavy atom. The minimum Gasteiger partial charge on any atom is -0.414 e. The van der Waals surface area contributed by atoms with E-state index >= 15 is 0 Å². The van der Waals surface area contributed by atoms with Gasteiger partial charge in [-0.25, -0.2) is 0 Å². The monoisotopic (exact) mass is 508 g/mol. The number of rotatable bonds is 8. The summed E-state index contributed by atoms with van der Waals surface area (Å²) < 4.78 is 13.0. The van der Waals surface area contributed by atoms with Gasteiger partial charge in [0.25, 0.3) is 0 Å². The van der Waals surface area contributed by atoms with E-state index in [0.717, 1.165) is 36.5 Å². The molecule has 0 radical (unpaired) electrons. The van der Waals surface area contributed by atoms with E-state index in [0.29, 0.717) is 22.3 Å². The molecule has 0 aromatic carbocycles. The highest BCUT2D eigenvalue weighted by atomic mass is 28.4. The predicted octanol–water partition coefficient (Wildman–Crippen LogP) is 10.00. The summed E-state index contributed by atoms with van der Waals surface area (Å²) in [5, 5.41) is 0.652. The molecule has 2 rings (SSSR count). The van der Waals surface area contributed by atoms with Crippen LogP contribution in [0.3, 0.4) is 0 Å². The third-order valence-electron chi connectivity index (χ3n) is 9.48. The quantitative estimate of drug-likeness (QED) is 0.240. The second kappa shape index (κ2) is 12.4. The molecular weight excluding hydrogens is 449 g/mol. The van der Waals surface area contributed by atoms with Crippen molar-refractivity contribution in [2.75, 3.05) is 0 Å². The molecule has 0 aromatic heterocycles. The van der Waals surface area contributed by atoms with Gasteiger partial charge >= 0.3 is 0 Å². The first kappa shape index (κ1) is 31.9. The molecule has 0 heterocycles. The highest BCUT2D eigenvalue weighted by Gasteiger charge is 2.43. The van der Waals surface area contributed by atoms with Crippen molar-refractivity contribution in [1.82, 2.24) is 0 Å². The van der Waals surface area contributed by atoms with Crippen molar-refractivity contribution in [2.45, 2.75) is 142 Å². The molecule has 2 aliphatic rings. The van der Waals surface area contributed by atoms with Crippen LogP contribution in [-0.4, -0.2) is 28.8 Å². The highest BCUT2D eigenvalue weighted by molar-refractivity contribution is 6.74. The Kier molecular flexibility index (Phi) is 11.6. The van der Waals surface area contributed by atoms with Gasteiger partial charge in [0.1, 0.15) is 0 Å². The summed E-state index contributed by atoms with van der Waals surface area (Å²) in [5.74, 6) is 3.18. The first-order chi connectivity index (χ1) is 15.3. The predicted molar refractivity (Wildman–Crippen MR) is 158 cm³/mol. The van der Waals surface area contributed by atoms with Crippen LogP contribution in [-0.2, 0) is 8.85 Å². The summed E-state index contributed by atoms with van der Waals surface area (Å²) >= 11 is 0. The largest absolute Gasteiger partial charge is 0.414 e. The lowest BCUT2D eigenvalue weighted by molar-refractivity contribution is 0.181. The Balaban J connectivity index is 0.000000340. The van der Waals surface area contributed by atoms with Crippen LogP contribution in [0.15, 0.2) is 25.3 Å². The van der Waals surface area contributed by atoms with Gasteiger partial charge in [-0.3, -0.25) is 0 Å². The van der Waals surface area contributed by atoms with Gasteiger partial charge in [-0.15, -0.1) is 13.2 Å². The molecule has 0 unspecified atom stereocenters. The molecule has 0 aromatic rings. The van der Waals surface area contributed by atoms with Crippen LogP contribution >= 0.6 is 0 Å². The Morgan fingerprint density at radius 1 is 0.647 bits per heavy atom. The van der Waals surface area contributed by atoms with E-state index in [9.17, 15) is 0 Å². The smallest absolute Gasteiger partial charge is 0.192 e.